The number of thioether (sulfide) groups is 1. The number of benzene rings is 1. The summed E-state index contributed by atoms with van der Waals surface area (Å²) in [5.74, 6) is 2.10. The molecule has 1 saturated heterocycles. The molecule has 1 unspecified atom stereocenters. The Hall–Kier alpha value is -0.880. The summed E-state index contributed by atoms with van der Waals surface area (Å²) in [5.41, 5.74) is 0.960. The van der Waals surface area contributed by atoms with Gasteiger partial charge in [-0.1, -0.05) is 12.1 Å². The molecule has 1 aliphatic heterocycles. The fraction of sp³-hybridized carbons (Fsp3) is 0.500. The predicted octanol–water partition coefficient (Wildman–Crippen LogP) is 3.18. The van der Waals surface area contributed by atoms with Gasteiger partial charge in [0.25, 0.3) is 0 Å². The van der Waals surface area contributed by atoms with Gasteiger partial charge in [0.15, 0.2) is 0 Å². The van der Waals surface area contributed by atoms with E-state index in [4.69, 9.17) is 0 Å². The average Bonchev–Trinajstić information content (AvgIpc) is 2.79. The Morgan fingerprint density at radius 2 is 2.00 bits per heavy atom. The van der Waals surface area contributed by atoms with E-state index in [0.717, 1.165) is 17.7 Å². The van der Waals surface area contributed by atoms with Crippen LogP contribution in [0.25, 0.3) is 0 Å². The van der Waals surface area contributed by atoms with Crippen LogP contribution < -0.4 is 10.1 Å². The zero-order valence-electron chi connectivity index (χ0n) is 9.67. The minimum Gasteiger partial charge on any atom is -0.406 e. The summed E-state index contributed by atoms with van der Waals surface area (Å²) >= 11 is 1.92. The highest BCUT2D eigenvalue weighted by Crippen LogP contribution is 2.23. The third-order valence-corrected chi connectivity index (χ3v) is 3.84. The van der Waals surface area contributed by atoms with Crippen LogP contribution in [0.1, 0.15) is 12.0 Å². The highest BCUT2D eigenvalue weighted by atomic mass is 32.2. The van der Waals surface area contributed by atoms with E-state index >= 15 is 0 Å². The van der Waals surface area contributed by atoms with Crippen molar-refractivity contribution in [2.75, 3.05) is 11.5 Å². The number of hydrogen-bond acceptors (Lipinski definition) is 3. The number of nitrogens with one attached hydrogen (secondary N) is 1. The van der Waals surface area contributed by atoms with E-state index in [1.807, 2.05) is 11.8 Å². The van der Waals surface area contributed by atoms with Crippen molar-refractivity contribution in [3.8, 4) is 5.75 Å². The van der Waals surface area contributed by atoms with Crippen LogP contribution >= 0.6 is 11.8 Å². The lowest BCUT2D eigenvalue weighted by molar-refractivity contribution is -0.274. The van der Waals surface area contributed by atoms with Crippen LogP contribution in [0.3, 0.4) is 0 Å². The van der Waals surface area contributed by atoms with Crippen LogP contribution in [-0.4, -0.2) is 23.9 Å². The van der Waals surface area contributed by atoms with E-state index in [0.29, 0.717) is 12.6 Å². The van der Waals surface area contributed by atoms with Crippen molar-refractivity contribution in [2.24, 2.45) is 0 Å². The molecule has 1 aromatic carbocycles. The van der Waals surface area contributed by atoms with Crippen LogP contribution in [0.5, 0.6) is 5.75 Å². The molecule has 6 heteroatoms. The maximum atomic E-state index is 12.0. The topological polar surface area (TPSA) is 21.3 Å². The molecule has 1 fully saturated rings. The normalized spacial score (nSPS) is 20.1. The molecule has 2 nitrogen and oxygen atoms in total. The lowest BCUT2D eigenvalue weighted by atomic mass is 10.2. The van der Waals surface area contributed by atoms with Crippen molar-refractivity contribution in [1.29, 1.82) is 0 Å². The summed E-state index contributed by atoms with van der Waals surface area (Å²) in [6, 6.07) is 6.50. The number of ether oxygens (including phenoxy) is 1. The summed E-state index contributed by atoms with van der Waals surface area (Å²) in [7, 11) is 0. The van der Waals surface area contributed by atoms with Crippen molar-refractivity contribution in [3.05, 3.63) is 29.8 Å². The smallest absolute Gasteiger partial charge is 0.406 e. The molecule has 0 bridgehead atoms. The maximum Gasteiger partial charge on any atom is 0.573 e. The Morgan fingerprint density at radius 1 is 1.28 bits per heavy atom. The van der Waals surface area contributed by atoms with E-state index < -0.39 is 6.36 Å². The highest BCUT2D eigenvalue weighted by molar-refractivity contribution is 7.99. The Kier molecular flexibility index (Phi) is 4.40. The largest absolute Gasteiger partial charge is 0.573 e. The summed E-state index contributed by atoms with van der Waals surface area (Å²) in [6.07, 6.45) is -3.47. The number of rotatable bonds is 4. The molecule has 1 heterocycles. The molecule has 0 spiro atoms. The molecule has 18 heavy (non-hydrogen) atoms. The molecule has 0 radical (unpaired) electrons. The first-order valence-electron chi connectivity index (χ1n) is 5.69. The van der Waals surface area contributed by atoms with Gasteiger partial charge >= 0.3 is 6.36 Å². The van der Waals surface area contributed by atoms with E-state index in [1.165, 1.54) is 17.9 Å². The minimum absolute atomic E-state index is 0.178. The second-order valence-corrected chi connectivity index (χ2v) is 5.28. The molecular weight excluding hydrogens is 263 g/mol. The van der Waals surface area contributed by atoms with Gasteiger partial charge in [0.05, 0.1) is 0 Å². The standard InChI is InChI=1S/C12H14F3NOS/c13-12(14,15)17-11-3-1-9(2-4-11)7-16-10-5-6-18-8-10/h1-4,10,16H,5-8H2. The highest BCUT2D eigenvalue weighted by Gasteiger charge is 2.30. The van der Waals surface area contributed by atoms with Gasteiger partial charge in [-0.2, -0.15) is 11.8 Å². The van der Waals surface area contributed by atoms with Crippen molar-refractivity contribution in [1.82, 2.24) is 5.32 Å². The minimum atomic E-state index is -4.62. The van der Waals surface area contributed by atoms with Gasteiger partial charge in [0.1, 0.15) is 5.75 Å². The average molecular weight is 277 g/mol. The third-order valence-electron chi connectivity index (χ3n) is 2.68. The monoisotopic (exact) mass is 277 g/mol. The van der Waals surface area contributed by atoms with E-state index in [9.17, 15) is 13.2 Å². The quantitative estimate of drug-likeness (QED) is 0.913. The molecule has 0 aromatic heterocycles. The summed E-state index contributed by atoms with van der Waals surface area (Å²) in [5, 5.41) is 3.38. The molecule has 100 valence electrons. The lowest BCUT2D eigenvalue weighted by Crippen LogP contribution is -2.27. The molecule has 1 aliphatic rings. The fourth-order valence-corrected chi connectivity index (χ4v) is 2.95. The van der Waals surface area contributed by atoms with E-state index in [2.05, 4.69) is 10.1 Å². The summed E-state index contributed by atoms with van der Waals surface area (Å²) in [6.45, 7) is 0.678. The van der Waals surface area contributed by atoms with Crippen LogP contribution in [0, 0.1) is 0 Å². The van der Waals surface area contributed by atoms with Crippen LogP contribution in [-0.2, 0) is 6.54 Å². The van der Waals surface area contributed by atoms with Gasteiger partial charge in [0.2, 0.25) is 0 Å². The Balaban J connectivity index is 1.83. The number of hydrogen-bond donors (Lipinski definition) is 1. The van der Waals surface area contributed by atoms with E-state index in [-0.39, 0.29) is 5.75 Å². The van der Waals surface area contributed by atoms with Crippen LogP contribution in [0.2, 0.25) is 0 Å². The summed E-state index contributed by atoms with van der Waals surface area (Å²) in [4.78, 5) is 0. The zero-order chi connectivity index (χ0) is 13.0. The molecule has 2 rings (SSSR count). The molecule has 1 aromatic rings. The Bertz CT molecular complexity index is 374. The van der Waals surface area contributed by atoms with Crippen molar-refractivity contribution >= 4 is 11.8 Å². The SMILES string of the molecule is FC(F)(F)Oc1ccc(CNC2CCSC2)cc1. The zero-order valence-corrected chi connectivity index (χ0v) is 10.5. The molecular formula is C12H14F3NOS. The Labute approximate surface area is 108 Å². The van der Waals surface area contributed by atoms with Gasteiger partial charge in [0, 0.05) is 18.3 Å². The number of halogens is 3. The number of alkyl halides is 3. The van der Waals surface area contributed by atoms with Crippen molar-refractivity contribution in [2.45, 2.75) is 25.4 Å². The predicted molar refractivity (Wildman–Crippen MR) is 65.7 cm³/mol. The Morgan fingerprint density at radius 3 is 2.56 bits per heavy atom. The molecule has 1 atom stereocenters. The molecule has 0 aliphatic carbocycles. The summed E-state index contributed by atoms with van der Waals surface area (Å²) < 4.78 is 39.7. The van der Waals surface area contributed by atoms with Gasteiger partial charge in [-0.15, -0.1) is 13.2 Å². The van der Waals surface area contributed by atoms with Crippen molar-refractivity contribution < 1.29 is 17.9 Å². The van der Waals surface area contributed by atoms with Crippen LogP contribution in [0.4, 0.5) is 13.2 Å². The van der Waals surface area contributed by atoms with Gasteiger partial charge in [-0.3, -0.25) is 0 Å². The first-order chi connectivity index (χ1) is 8.53. The third kappa shape index (κ3) is 4.42. The van der Waals surface area contributed by atoms with Gasteiger partial charge < -0.3 is 10.1 Å². The lowest BCUT2D eigenvalue weighted by Gasteiger charge is -2.12. The van der Waals surface area contributed by atoms with Gasteiger partial charge in [-0.05, 0) is 29.9 Å². The second kappa shape index (κ2) is 5.84. The molecule has 1 N–H and O–H groups in total. The van der Waals surface area contributed by atoms with Gasteiger partial charge in [-0.25, -0.2) is 0 Å². The second-order valence-electron chi connectivity index (χ2n) is 4.13. The molecule has 0 amide bonds. The maximum absolute atomic E-state index is 12.0. The molecule has 0 saturated carbocycles. The first kappa shape index (κ1) is 13.5. The van der Waals surface area contributed by atoms with E-state index in [1.54, 1.807) is 12.1 Å². The van der Waals surface area contributed by atoms with Crippen molar-refractivity contribution in [3.63, 3.8) is 0 Å². The fourth-order valence-electron chi connectivity index (χ4n) is 1.77. The van der Waals surface area contributed by atoms with Crippen LogP contribution in [0.15, 0.2) is 24.3 Å². The first-order valence-corrected chi connectivity index (χ1v) is 6.84.